The standard InChI is InChI=1S/C31H24N4O4/c1-18(2)20-10-12-23(13-11-20)35-27-15-19(17-32)9-14-25(27)28(30(35)37)34-33-26-8-4-7-24(29(26)36)21-5-3-6-22(16-21)31(38)39/h3-16,18,33,36H,1-2H3,(H,38,39). The van der Waals surface area contributed by atoms with Crippen molar-refractivity contribution in [2.75, 3.05) is 10.3 Å². The molecule has 0 unspecified atom stereocenters. The molecule has 0 radical (unpaired) electrons. The summed E-state index contributed by atoms with van der Waals surface area (Å²) in [6.07, 6.45) is 0. The van der Waals surface area contributed by atoms with Gasteiger partial charge in [0.05, 0.1) is 28.6 Å². The Labute approximate surface area is 225 Å². The number of para-hydroxylation sites is 1. The molecule has 3 N–H and O–H groups in total. The maximum absolute atomic E-state index is 13.6. The second-order valence-electron chi connectivity index (χ2n) is 9.39. The Morgan fingerprint density at radius 2 is 1.72 bits per heavy atom. The van der Waals surface area contributed by atoms with Crippen molar-refractivity contribution in [1.82, 2.24) is 0 Å². The van der Waals surface area contributed by atoms with E-state index in [1.54, 1.807) is 48.5 Å². The minimum absolute atomic E-state index is 0.0944. The molecule has 0 bridgehead atoms. The Hall–Kier alpha value is -5.42. The number of aromatic carboxylic acids is 1. The first-order chi connectivity index (χ1) is 18.8. The molecular formula is C31H24N4O4. The van der Waals surface area contributed by atoms with Gasteiger partial charge in [-0.05, 0) is 65.6 Å². The van der Waals surface area contributed by atoms with Crippen LogP contribution in [0.25, 0.3) is 11.1 Å². The maximum Gasteiger partial charge on any atom is 0.335 e. The molecule has 0 atom stereocenters. The van der Waals surface area contributed by atoms with Gasteiger partial charge in [-0.1, -0.05) is 50.2 Å². The Balaban J connectivity index is 1.52. The highest BCUT2D eigenvalue weighted by molar-refractivity contribution is 6.55. The molecule has 0 saturated heterocycles. The molecule has 0 fully saturated rings. The number of rotatable bonds is 6. The number of nitrogens with one attached hydrogen (secondary N) is 1. The number of fused-ring (bicyclic) bond motifs is 1. The van der Waals surface area contributed by atoms with Crippen LogP contribution in [0.15, 0.2) is 90.0 Å². The lowest BCUT2D eigenvalue weighted by molar-refractivity contribution is -0.111. The van der Waals surface area contributed by atoms with Gasteiger partial charge < -0.3 is 10.2 Å². The number of hydrogen-bond acceptors (Lipinski definition) is 6. The normalized spacial score (nSPS) is 13.4. The van der Waals surface area contributed by atoms with Crippen molar-refractivity contribution in [1.29, 1.82) is 5.26 Å². The first-order valence-electron chi connectivity index (χ1n) is 12.3. The van der Waals surface area contributed by atoms with Gasteiger partial charge in [0.2, 0.25) is 0 Å². The third kappa shape index (κ3) is 4.69. The summed E-state index contributed by atoms with van der Waals surface area (Å²) in [5.41, 5.74) is 7.48. The number of carbonyl (C=O) groups is 2. The van der Waals surface area contributed by atoms with Crippen molar-refractivity contribution < 1.29 is 19.8 Å². The van der Waals surface area contributed by atoms with E-state index in [0.29, 0.717) is 39.5 Å². The SMILES string of the molecule is CC(C)c1ccc(N2C(=O)C(=NNc3cccc(-c4cccc(C(=O)O)c4)c3O)c3ccc(C#N)cc32)cc1. The van der Waals surface area contributed by atoms with Crippen LogP contribution in [0.1, 0.15) is 46.8 Å². The summed E-state index contributed by atoms with van der Waals surface area (Å²) in [6.45, 7) is 4.18. The highest BCUT2D eigenvalue weighted by Gasteiger charge is 2.35. The molecule has 0 aliphatic carbocycles. The van der Waals surface area contributed by atoms with Crippen LogP contribution in [0.4, 0.5) is 17.1 Å². The number of nitriles is 1. The van der Waals surface area contributed by atoms with Crippen LogP contribution in [-0.4, -0.2) is 27.8 Å². The summed E-state index contributed by atoms with van der Waals surface area (Å²) >= 11 is 0. The van der Waals surface area contributed by atoms with Gasteiger partial charge in [-0.15, -0.1) is 0 Å². The highest BCUT2D eigenvalue weighted by atomic mass is 16.4. The Bertz CT molecular complexity index is 1680. The molecule has 0 saturated carbocycles. The van der Waals surface area contributed by atoms with Gasteiger partial charge >= 0.3 is 5.97 Å². The quantitative estimate of drug-likeness (QED) is 0.205. The Morgan fingerprint density at radius 1 is 0.974 bits per heavy atom. The van der Waals surface area contributed by atoms with Gasteiger partial charge in [0.1, 0.15) is 5.75 Å². The third-order valence-electron chi connectivity index (χ3n) is 6.59. The van der Waals surface area contributed by atoms with Crippen LogP contribution in [-0.2, 0) is 4.79 Å². The molecule has 39 heavy (non-hydrogen) atoms. The van der Waals surface area contributed by atoms with Crippen molar-refractivity contribution in [3.63, 3.8) is 0 Å². The number of hydrogen-bond donors (Lipinski definition) is 3. The number of carboxylic acid groups (broad SMARTS) is 1. The van der Waals surface area contributed by atoms with E-state index in [0.717, 1.165) is 5.56 Å². The fourth-order valence-electron chi connectivity index (χ4n) is 4.49. The maximum atomic E-state index is 13.6. The molecule has 0 aromatic heterocycles. The Kier molecular flexibility index (Phi) is 6.57. The average Bonchev–Trinajstić information content (AvgIpc) is 3.22. The van der Waals surface area contributed by atoms with Crippen LogP contribution < -0.4 is 10.3 Å². The second kappa shape index (κ2) is 10.1. The monoisotopic (exact) mass is 516 g/mol. The number of carboxylic acids is 1. The number of aromatic hydroxyl groups is 1. The van der Waals surface area contributed by atoms with E-state index in [4.69, 9.17) is 0 Å². The zero-order valence-corrected chi connectivity index (χ0v) is 21.2. The Morgan fingerprint density at radius 3 is 2.41 bits per heavy atom. The van der Waals surface area contributed by atoms with E-state index in [1.165, 1.54) is 17.0 Å². The molecule has 4 aromatic rings. The number of nitrogens with zero attached hydrogens (tertiary/aromatic N) is 3. The predicted molar refractivity (Wildman–Crippen MR) is 149 cm³/mol. The summed E-state index contributed by atoms with van der Waals surface area (Å²) in [5, 5.41) is 34.1. The highest BCUT2D eigenvalue weighted by Crippen LogP contribution is 2.39. The lowest BCUT2D eigenvalue weighted by Gasteiger charge is -2.18. The number of hydrazone groups is 1. The summed E-state index contributed by atoms with van der Waals surface area (Å²) in [6, 6.07) is 26.0. The average molecular weight is 517 g/mol. The zero-order chi connectivity index (χ0) is 27.7. The molecule has 1 amide bonds. The molecule has 0 spiro atoms. The number of amides is 1. The summed E-state index contributed by atoms with van der Waals surface area (Å²) in [4.78, 5) is 26.5. The van der Waals surface area contributed by atoms with Gasteiger partial charge in [0.25, 0.3) is 5.91 Å². The van der Waals surface area contributed by atoms with E-state index in [1.807, 2.05) is 24.3 Å². The van der Waals surface area contributed by atoms with E-state index in [2.05, 4.69) is 30.4 Å². The topological polar surface area (TPSA) is 126 Å². The number of carbonyl (C=O) groups excluding carboxylic acids is 1. The van der Waals surface area contributed by atoms with Crippen LogP contribution >= 0.6 is 0 Å². The van der Waals surface area contributed by atoms with Gasteiger partial charge in [-0.2, -0.15) is 10.4 Å². The fraction of sp³-hybridized carbons (Fsp3) is 0.0968. The molecule has 1 heterocycles. The lowest BCUT2D eigenvalue weighted by atomic mass is 10.0. The van der Waals surface area contributed by atoms with Crippen LogP contribution in [0.5, 0.6) is 5.75 Å². The van der Waals surface area contributed by atoms with Gasteiger partial charge in [-0.25, -0.2) is 4.79 Å². The molecule has 8 heteroatoms. The number of benzene rings is 4. The molecule has 5 rings (SSSR count). The first kappa shape index (κ1) is 25.2. The smallest absolute Gasteiger partial charge is 0.335 e. The zero-order valence-electron chi connectivity index (χ0n) is 21.2. The number of anilines is 3. The number of phenols is 1. The van der Waals surface area contributed by atoms with Crippen LogP contribution in [0.2, 0.25) is 0 Å². The van der Waals surface area contributed by atoms with E-state index < -0.39 is 5.97 Å². The molecule has 1 aliphatic rings. The molecule has 8 nitrogen and oxygen atoms in total. The number of phenolic OH excluding ortho intramolecular Hbond substituents is 1. The summed E-state index contributed by atoms with van der Waals surface area (Å²) in [7, 11) is 0. The molecular weight excluding hydrogens is 492 g/mol. The van der Waals surface area contributed by atoms with E-state index >= 15 is 0 Å². The summed E-state index contributed by atoms with van der Waals surface area (Å²) in [5.74, 6) is -1.26. The van der Waals surface area contributed by atoms with Crippen molar-refractivity contribution in [2.24, 2.45) is 5.10 Å². The molecule has 4 aromatic carbocycles. The van der Waals surface area contributed by atoms with Crippen molar-refractivity contribution in [2.45, 2.75) is 19.8 Å². The third-order valence-corrected chi connectivity index (χ3v) is 6.59. The van der Waals surface area contributed by atoms with E-state index in [9.17, 15) is 25.1 Å². The van der Waals surface area contributed by atoms with Crippen LogP contribution in [0.3, 0.4) is 0 Å². The minimum atomic E-state index is -1.07. The predicted octanol–water partition coefficient (Wildman–Crippen LogP) is 6.25. The molecule has 192 valence electrons. The van der Waals surface area contributed by atoms with Gasteiger partial charge in [0.15, 0.2) is 5.71 Å². The van der Waals surface area contributed by atoms with Crippen molar-refractivity contribution in [3.8, 4) is 22.9 Å². The van der Waals surface area contributed by atoms with Crippen LogP contribution in [0, 0.1) is 11.3 Å². The summed E-state index contributed by atoms with van der Waals surface area (Å²) < 4.78 is 0. The molecule has 1 aliphatic heterocycles. The minimum Gasteiger partial charge on any atom is -0.505 e. The van der Waals surface area contributed by atoms with E-state index in [-0.39, 0.29) is 28.6 Å². The first-order valence-corrected chi connectivity index (χ1v) is 12.3. The largest absolute Gasteiger partial charge is 0.505 e. The van der Waals surface area contributed by atoms with Gasteiger partial charge in [-0.3, -0.25) is 15.1 Å². The second-order valence-corrected chi connectivity index (χ2v) is 9.39. The lowest BCUT2D eigenvalue weighted by Crippen LogP contribution is -2.26. The van der Waals surface area contributed by atoms with Crippen molar-refractivity contribution >= 4 is 34.7 Å². The van der Waals surface area contributed by atoms with Gasteiger partial charge in [0, 0.05) is 16.8 Å². The fourth-order valence-corrected chi connectivity index (χ4v) is 4.49. The van der Waals surface area contributed by atoms with Crippen molar-refractivity contribution in [3.05, 3.63) is 107 Å².